The van der Waals surface area contributed by atoms with Crippen LogP contribution >= 0.6 is 0 Å². The van der Waals surface area contributed by atoms with E-state index in [-0.39, 0.29) is 5.91 Å². The Kier molecular flexibility index (Phi) is 4.99. The van der Waals surface area contributed by atoms with Crippen molar-refractivity contribution in [1.82, 2.24) is 24.5 Å². The summed E-state index contributed by atoms with van der Waals surface area (Å²) in [7, 11) is 2.02. The highest BCUT2D eigenvalue weighted by Crippen LogP contribution is 2.16. The Morgan fingerprint density at radius 1 is 1.25 bits per heavy atom. The summed E-state index contributed by atoms with van der Waals surface area (Å²) in [6.45, 7) is 8.00. The van der Waals surface area contributed by atoms with Gasteiger partial charge in [-0.2, -0.15) is 0 Å². The number of hydrogen-bond acceptors (Lipinski definition) is 5. The Labute approximate surface area is 142 Å². The maximum absolute atomic E-state index is 12.7. The van der Waals surface area contributed by atoms with E-state index < -0.39 is 0 Å². The Hall–Kier alpha value is -2.15. The van der Waals surface area contributed by atoms with Gasteiger partial charge in [0.05, 0.1) is 5.69 Å². The number of rotatable bonds is 4. The lowest BCUT2D eigenvalue weighted by atomic mass is 10.1. The molecule has 0 aromatic carbocycles. The zero-order valence-electron chi connectivity index (χ0n) is 14.7. The predicted molar refractivity (Wildman–Crippen MR) is 89.8 cm³/mol. The minimum absolute atomic E-state index is 0.0391. The summed E-state index contributed by atoms with van der Waals surface area (Å²) in [4.78, 5) is 21.5. The van der Waals surface area contributed by atoms with E-state index in [0.29, 0.717) is 17.0 Å². The molecule has 24 heavy (non-hydrogen) atoms. The average molecular weight is 331 g/mol. The van der Waals surface area contributed by atoms with E-state index in [4.69, 9.17) is 4.52 Å². The van der Waals surface area contributed by atoms with Crippen LogP contribution in [-0.4, -0.2) is 63.1 Å². The van der Waals surface area contributed by atoms with Gasteiger partial charge in [-0.15, -0.1) is 0 Å². The third kappa shape index (κ3) is 3.51. The second-order valence-corrected chi connectivity index (χ2v) is 6.39. The van der Waals surface area contributed by atoms with Crippen molar-refractivity contribution in [2.24, 2.45) is 7.05 Å². The molecule has 1 aliphatic rings. The van der Waals surface area contributed by atoms with Gasteiger partial charge in [-0.05, 0) is 26.8 Å². The molecule has 2 aromatic heterocycles. The number of aryl methyl sites for hydroxylation is 3. The zero-order valence-corrected chi connectivity index (χ0v) is 14.7. The Morgan fingerprint density at radius 3 is 2.75 bits per heavy atom. The van der Waals surface area contributed by atoms with Gasteiger partial charge in [-0.1, -0.05) is 5.16 Å². The molecule has 0 bridgehead atoms. The molecule has 130 valence electrons. The van der Waals surface area contributed by atoms with Gasteiger partial charge in [0.15, 0.2) is 0 Å². The van der Waals surface area contributed by atoms with Crippen molar-refractivity contribution in [2.45, 2.75) is 26.7 Å². The van der Waals surface area contributed by atoms with Gasteiger partial charge < -0.3 is 18.9 Å². The third-order valence-electron chi connectivity index (χ3n) is 4.70. The lowest BCUT2D eigenvalue weighted by Gasteiger charge is -2.22. The molecule has 2 aromatic rings. The second kappa shape index (κ2) is 7.17. The van der Waals surface area contributed by atoms with Crippen LogP contribution in [0, 0.1) is 13.8 Å². The molecule has 1 amide bonds. The maximum atomic E-state index is 12.7. The molecule has 1 saturated heterocycles. The number of aromatic nitrogens is 3. The smallest absolute Gasteiger partial charge is 0.259 e. The summed E-state index contributed by atoms with van der Waals surface area (Å²) in [5.74, 6) is 1.74. The van der Waals surface area contributed by atoms with E-state index in [0.717, 1.165) is 51.4 Å². The van der Waals surface area contributed by atoms with Gasteiger partial charge in [0.1, 0.15) is 17.1 Å². The lowest BCUT2D eigenvalue weighted by Crippen LogP contribution is -2.36. The standard InChI is InChI=1S/C17H25N5O2/c1-13-16(14(2)24-19-13)17(23)22-8-4-7-21(11-12-22)9-5-15-18-6-10-20(15)3/h6,10H,4-5,7-9,11-12H2,1-3H3. The van der Waals surface area contributed by atoms with E-state index in [1.165, 1.54) is 0 Å². The molecule has 0 atom stereocenters. The SMILES string of the molecule is Cc1noc(C)c1C(=O)N1CCCN(CCc2nccn2C)CC1. The van der Waals surface area contributed by atoms with E-state index in [2.05, 4.69) is 19.6 Å². The first-order valence-electron chi connectivity index (χ1n) is 8.47. The normalized spacial score (nSPS) is 16.4. The molecule has 0 aliphatic carbocycles. The first-order valence-corrected chi connectivity index (χ1v) is 8.47. The van der Waals surface area contributed by atoms with Crippen LogP contribution in [0.15, 0.2) is 16.9 Å². The molecular weight excluding hydrogens is 306 g/mol. The maximum Gasteiger partial charge on any atom is 0.259 e. The number of imidazole rings is 1. The first kappa shape index (κ1) is 16.7. The minimum atomic E-state index is 0.0391. The van der Waals surface area contributed by atoms with Crippen LogP contribution in [0.5, 0.6) is 0 Å². The van der Waals surface area contributed by atoms with Crippen molar-refractivity contribution in [3.63, 3.8) is 0 Å². The summed E-state index contributed by atoms with van der Waals surface area (Å²) in [5, 5.41) is 3.89. The molecule has 3 heterocycles. The predicted octanol–water partition coefficient (Wildman–Crippen LogP) is 1.42. The van der Waals surface area contributed by atoms with Gasteiger partial charge in [0, 0.05) is 52.0 Å². The van der Waals surface area contributed by atoms with Crippen LogP contribution in [0.25, 0.3) is 0 Å². The van der Waals surface area contributed by atoms with Gasteiger partial charge in [-0.3, -0.25) is 4.79 Å². The molecule has 3 rings (SSSR count). The quantitative estimate of drug-likeness (QED) is 0.847. The van der Waals surface area contributed by atoms with E-state index in [9.17, 15) is 4.79 Å². The number of carbonyl (C=O) groups excluding carboxylic acids is 1. The van der Waals surface area contributed by atoms with Crippen molar-refractivity contribution in [3.8, 4) is 0 Å². The molecule has 7 nitrogen and oxygen atoms in total. The van der Waals surface area contributed by atoms with Gasteiger partial charge >= 0.3 is 0 Å². The van der Waals surface area contributed by atoms with Crippen LogP contribution in [0.4, 0.5) is 0 Å². The fourth-order valence-corrected chi connectivity index (χ4v) is 3.24. The van der Waals surface area contributed by atoms with E-state index >= 15 is 0 Å². The molecule has 1 fully saturated rings. The Morgan fingerprint density at radius 2 is 2.08 bits per heavy atom. The minimum Gasteiger partial charge on any atom is -0.361 e. The molecule has 0 radical (unpaired) electrons. The van der Waals surface area contributed by atoms with Gasteiger partial charge in [0.2, 0.25) is 0 Å². The summed E-state index contributed by atoms with van der Waals surface area (Å²) in [5.41, 5.74) is 1.30. The summed E-state index contributed by atoms with van der Waals surface area (Å²) in [6, 6.07) is 0. The van der Waals surface area contributed by atoms with Crippen LogP contribution in [-0.2, 0) is 13.5 Å². The molecule has 0 N–H and O–H groups in total. The highest BCUT2D eigenvalue weighted by molar-refractivity contribution is 5.96. The van der Waals surface area contributed by atoms with Crippen LogP contribution < -0.4 is 0 Å². The second-order valence-electron chi connectivity index (χ2n) is 6.39. The average Bonchev–Trinajstić information content (AvgIpc) is 3.02. The molecule has 0 saturated carbocycles. The van der Waals surface area contributed by atoms with Crippen LogP contribution in [0.2, 0.25) is 0 Å². The third-order valence-corrected chi connectivity index (χ3v) is 4.70. The van der Waals surface area contributed by atoms with E-state index in [1.54, 1.807) is 6.92 Å². The first-order chi connectivity index (χ1) is 11.6. The summed E-state index contributed by atoms with van der Waals surface area (Å²) in [6.07, 6.45) is 5.72. The highest BCUT2D eigenvalue weighted by atomic mass is 16.5. The number of nitrogens with zero attached hydrogens (tertiary/aromatic N) is 5. The molecule has 7 heteroatoms. The molecule has 0 unspecified atom stereocenters. The Balaban J connectivity index is 1.57. The number of carbonyl (C=O) groups is 1. The largest absolute Gasteiger partial charge is 0.361 e. The molecule has 1 aliphatic heterocycles. The number of amides is 1. The molecular formula is C17H25N5O2. The fourth-order valence-electron chi connectivity index (χ4n) is 3.24. The summed E-state index contributed by atoms with van der Waals surface area (Å²) >= 11 is 0. The highest BCUT2D eigenvalue weighted by Gasteiger charge is 2.25. The van der Waals surface area contributed by atoms with Gasteiger partial charge in [0.25, 0.3) is 5.91 Å². The lowest BCUT2D eigenvalue weighted by molar-refractivity contribution is 0.0759. The fraction of sp³-hybridized carbons (Fsp3) is 0.588. The van der Waals surface area contributed by atoms with E-state index in [1.807, 2.05) is 31.3 Å². The number of hydrogen-bond donors (Lipinski definition) is 0. The summed E-state index contributed by atoms with van der Waals surface area (Å²) < 4.78 is 7.19. The zero-order chi connectivity index (χ0) is 17.1. The monoisotopic (exact) mass is 331 g/mol. The Bertz CT molecular complexity index is 686. The van der Waals surface area contributed by atoms with Crippen molar-refractivity contribution < 1.29 is 9.32 Å². The van der Waals surface area contributed by atoms with Crippen molar-refractivity contribution in [3.05, 3.63) is 35.2 Å². The van der Waals surface area contributed by atoms with Crippen LogP contribution in [0.3, 0.4) is 0 Å². The van der Waals surface area contributed by atoms with Crippen LogP contribution in [0.1, 0.15) is 34.1 Å². The van der Waals surface area contributed by atoms with Gasteiger partial charge in [-0.25, -0.2) is 4.98 Å². The van der Waals surface area contributed by atoms with Crippen molar-refractivity contribution >= 4 is 5.91 Å². The topological polar surface area (TPSA) is 67.4 Å². The molecule has 0 spiro atoms. The van der Waals surface area contributed by atoms with Crippen molar-refractivity contribution in [2.75, 3.05) is 32.7 Å². The van der Waals surface area contributed by atoms with Crippen molar-refractivity contribution in [1.29, 1.82) is 0 Å².